The van der Waals surface area contributed by atoms with Crippen molar-refractivity contribution in [2.75, 3.05) is 5.75 Å². The van der Waals surface area contributed by atoms with Crippen molar-refractivity contribution in [3.63, 3.8) is 0 Å². The van der Waals surface area contributed by atoms with Gasteiger partial charge in [0.2, 0.25) is 11.8 Å². The van der Waals surface area contributed by atoms with Gasteiger partial charge in [-0.3, -0.25) is 9.59 Å². The summed E-state index contributed by atoms with van der Waals surface area (Å²) in [5.41, 5.74) is 2.20. The lowest BCUT2D eigenvalue weighted by molar-refractivity contribution is -0.139. The zero-order valence-corrected chi connectivity index (χ0v) is 22.3. The molecule has 7 heteroatoms. The molecule has 3 aromatic rings. The fourth-order valence-electron chi connectivity index (χ4n) is 4.83. The van der Waals surface area contributed by atoms with Crippen LogP contribution in [0.5, 0.6) is 0 Å². The van der Waals surface area contributed by atoms with Gasteiger partial charge >= 0.3 is 0 Å². The van der Waals surface area contributed by atoms with E-state index in [4.69, 9.17) is 0 Å². The molecule has 0 saturated heterocycles. The van der Waals surface area contributed by atoms with Crippen molar-refractivity contribution in [2.45, 2.75) is 62.9 Å². The van der Waals surface area contributed by atoms with Crippen molar-refractivity contribution in [3.05, 3.63) is 107 Å². The minimum Gasteiger partial charge on any atom is -0.352 e. The Morgan fingerprint density at radius 2 is 1.55 bits per heavy atom. The van der Waals surface area contributed by atoms with Crippen LogP contribution in [-0.2, 0) is 28.3 Å². The molecule has 0 bridgehead atoms. The SMILES string of the molecule is O=C(NC1CCCCC1)C(Cc1ccccc1)N(Cc1ccccc1F)C(=O)CSCc1ccc(F)cc1. The van der Waals surface area contributed by atoms with Gasteiger partial charge in [-0.25, -0.2) is 8.78 Å². The van der Waals surface area contributed by atoms with Crippen molar-refractivity contribution in [1.82, 2.24) is 10.2 Å². The number of nitrogens with zero attached hydrogens (tertiary/aromatic N) is 1. The summed E-state index contributed by atoms with van der Waals surface area (Å²) in [7, 11) is 0. The molecule has 2 amide bonds. The number of hydrogen-bond donors (Lipinski definition) is 1. The molecule has 1 N–H and O–H groups in total. The summed E-state index contributed by atoms with van der Waals surface area (Å²) >= 11 is 1.40. The van der Waals surface area contributed by atoms with Crippen molar-refractivity contribution in [2.24, 2.45) is 0 Å². The molecule has 0 heterocycles. The van der Waals surface area contributed by atoms with Crippen LogP contribution < -0.4 is 5.32 Å². The molecule has 0 spiro atoms. The highest BCUT2D eigenvalue weighted by Gasteiger charge is 2.32. The van der Waals surface area contributed by atoms with Crippen LogP contribution in [-0.4, -0.2) is 34.6 Å². The van der Waals surface area contributed by atoms with Gasteiger partial charge in [-0.1, -0.05) is 79.9 Å². The van der Waals surface area contributed by atoms with Crippen LogP contribution in [0.2, 0.25) is 0 Å². The molecule has 1 aliphatic carbocycles. The molecule has 4 nitrogen and oxygen atoms in total. The average molecular weight is 537 g/mol. The lowest BCUT2D eigenvalue weighted by Crippen LogP contribution is -2.53. The average Bonchev–Trinajstić information content (AvgIpc) is 2.93. The van der Waals surface area contributed by atoms with Gasteiger partial charge in [0.15, 0.2) is 0 Å². The summed E-state index contributed by atoms with van der Waals surface area (Å²) in [6, 6.07) is 21.5. The largest absolute Gasteiger partial charge is 0.352 e. The van der Waals surface area contributed by atoms with Crippen LogP contribution in [0.1, 0.15) is 48.8 Å². The lowest BCUT2D eigenvalue weighted by atomic mass is 9.94. The predicted molar refractivity (Wildman–Crippen MR) is 148 cm³/mol. The molecule has 1 fully saturated rings. The molecule has 1 atom stereocenters. The van der Waals surface area contributed by atoms with Crippen LogP contribution in [0.25, 0.3) is 0 Å². The molecule has 0 radical (unpaired) electrons. The highest BCUT2D eigenvalue weighted by atomic mass is 32.2. The molecule has 1 aliphatic rings. The number of thioether (sulfide) groups is 1. The maximum Gasteiger partial charge on any atom is 0.243 e. The lowest BCUT2D eigenvalue weighted by Gasteiger charge is -2.33. The normalized spacial score (nSPS) is 14.6. The van der Waals surface area contributed by atoms with Crippen LogP contribution >= 0.6 is 11.8 Å². The first kappa shape index (κ1) is 27.8. The number of halogens is 2. The van der Waals surface area contributed by atoms with E-state index in [2.05, 4.69) is 5.32 Å². The third-order valence-electron chi connectivity index (χ3n) is 6.93. The monoisotopic (exact) mass is 536 g/mol. The first-order valence-electron chi connectivity index (χ1n) is 13.2. The fourth-order valence-corrected chi connectivity index (χ4v) is 5.70. The molecule has 1 saturated carbocycles. The number of benzene rings is 3. The minimum atomic E-state index is -0.780. The number of carbonyl (C=O) groups excluding carboxylic acids is 2. The van der Waals surface area contributed by atoms with Gasteiger partial charge in [0.05, 0.1) is 5.75 Å². The molecule has 1 unspecified atom stereocenters. The summed E-state index contributed by atoms with van der Waals surface area (Å²) in [6.45, 7) is -0.00178. The summed E-state index contributed by atoms with van der Waals surface area (Å²) in [6.07, 6.45) is 5.51. The Labute approximate surface area is 227 Å². The number of hydrogen-bond acceptors (Lipinski definition) is 3. The Morgan fingerprint density at radius 3 is 2.26 bits per heavy atom. The van der Waals surface area contributed by atoms with Crippen LogP contribution in [0.15, 0.2) is 78.9 Å². The van der Waals surface area contributed by atoms with Crippen molar-refractivity contribution < 1.29 is 18.4 Å². The van der Waals surface area contributed by atoms with Gasteiger partial charge in [0, 0.05) is 30.3 Å². The summed E-state index contributed by atoms with van der Waals surface area (Å²) in [4.78, 5) is 28.9. The molecule has 0 aromatic heterocycles. The van der Waals surface area contributed by atoms with Crippen LogP contribution in [0.4, 0.5) is 8.78 Å². The van der Waals surface area contributed by atoms with E-state index < -0.39 is 11.9 Å². The molecule has 0 aliphatic heterocycles. The third-order valence-corrected chi connectivity index (χ3v) is 7.92. The second kappa shape index (κ2) is 14.1. The predicted octanol–water partition coefficient (Wildman–Crippen LogP) is 6.29. The molecular weight excluding hydrogens is 502 g/mol. The minimum absolute atomic E-state index is 0.00178. The molecular formula is C31H34F2N2O2S. The third kappa shape index (κ3) is 8.15. The van der Waals surface area contributed by atoms with Gasteiger partial charge in [-0.15, -0.1) is 11.8 Å². The van der Waals surface area contributed by atoms with Gasteiger partial charge in [0.25, 0.3) is 0 Å². The van der Waals surface area contributed by atoms with Gasteiger partial charge < -0.3 is 10.2 Å². The fraction of sp³-hybridized carbons (Fsp3) is 0.355. The van der Waals surface area contributed by atoms with E-state index in [0.29, 0.717) is 17.7 Å². The molecule has 3 aromatic carbocycles. The number of amides is 2. The van der Waals surface area contributed by atoms with E-state index in [1.807, 2.05) is 30.3 Å². The Hall–Kier alpha value is -3.19. The number of rotatable bonds is 11. The quantitative estimate of drug-likeness (QED) is 0.314. The Balaban J connectivity index is 1.56. The maximum absolute atomic E-state index is 14.7. The maximum atomic E-state index is 14.7. The second-order valence-corrected chi connectivity index (χ2v) is 10.8. The molecule has 38 heavy (non-hydrogen) atoms. The Morgan fingerprint density at radius 1 is 0.868 bits per heavy atom. The first-order valence-corrected chi connectivity index (χ1v) is 14.3. The molecule has 4 rings (SSSR count). The highest BCUT2D eigenvalue weighted by molar-refractivity contribution is 7.99. The zero-order chi connectivity index (χ0) is 26.7. The molecule has 200 valence electrons. The van der Waals surface area contributed by atoms with E-state index in [1.54, 1.807) is 30.3 Å². The van der Waals surface area contributed by atoms with Gasteiger partial charge in [-0.2, -0.15) is 0 Å². The first-order chi connectivity index (χ1) is 18.5. The van der Waals surface area contributed by atoms with E-state index in [-0.39, 0.29) is 36.0 Å². The van der Waals surface area contributed by atoms with Gasteiger partial charge in [0.1, 0.15) is 17.7 Å². The van der Waals surface area contributed by atoms with E-state index >= 15 is 0 Å². The van der Waals surface area contributed by atoms with Gasteiger partial charge in [-0.05, 0) is 42.2 Å². The Bertz CT molecular complexity index is 1180. The second-order valence-electron chi connectivity index (χ2n) is 9.78. The van der Waals surface area contributed by atoms with E-state index in [0.717, 1.165) is 36.8 Å². The summed E-state index contributed by atoms with van der Waals surface area (Å²) in [5.74, 6) is -0.506. The zero-order valence-electron chi connectivity index (χ0n) is 21.5. The highest BCUT2D eigenvalue weighted by Crippen LogP contribution is 2.22. The summed E-state index contributed by atoms with van der Waals surface area (Å²) in [5, 5.41) is 3.19. The standard InChI is InChI=1S/C31H34F2N2O2S/c32-26-17-15-24(16-18-26)21-38-22-30(36)35(20-25-11-7-8-14-28(25)33)29(19-23-9-3-1-4-10-23)31(37)34-27-12-5-2-6-13-27/h1,3-4,7-11,14-18,27,29H,2,5-6,12-13,19-22H2,(H,34,37). The smallest absolute Gasteiger partial charge is 0.243 e. The van der Waals surface area contributed by atoms with Crippen molar-refractivity contribution in [1.29, 1.82) is 0 Å². The topological polar surface area (TPSA) is 49.4 Å². The van der Waals surface area contributed by atoms with E-state index in [1.165, 1.54) is 41.3 Å². The number of carbonyl (C=O) groups is 2. The van der Waals surface area contributed by atoms with Crippen LogP contribution in [0.3, 0.4) is 0 Å². The van der Waals surface area contributed by atoms with Crippen molar-refractivity contribution >= 4 is 23.6 Å². The van der Waals surface area contributed by atoms with E-state index in [9.17, 15) is 18.4 Å². The van der Waals surface area contributed by atoms with Crippen LogP contribution in [0, 0.1) is 11.6 Å². The Kier molecular flexibility index (Phi) is 10.3. The summed E-state index contributed by atoms with van der Waals surface area (Å²) < 4.78 is 28.0. The van der Waals surface area contributed by atoms with Crippen molar-refractivity contribution in [3.8, 4) is 0 Å². The number of nitrogens with one attached hydrogen (secondary N) is 1.